The number of hydrogen-bond acceptors (Lipinski definition) is 5. The number of carbonyl (C=O) groups is 3. The zero-order chi connectivity index (χ0) is 22.8. The first-order valence-corrected chi connectivity index (χ1v) is 10.2. The Morgan fingerprint density at radius 3 is 2.37 bits per heavy atom. The molecule has 2 amide bonds. The second-order valence-corrected chi connectivity index (χ2v) is 8.67. The molecule has 164 valence electrons. The van der Waals surface area contributed by atoms with Gasteiger partial charge in [-0.1, -0.05) is 35.3 Å². The van der Waals surface area contributed by atoms with Gasteiger partial charge in [0.2, 0.25) is 0 Å². The van der Waals surface area contributed by atoms with Crippen molar-refractivity contribution in [1.29, 1.82) is 0 Å². The van der Waals surface area contributed by atoms with Crippen molar-refractivity contribution in [1.82, 2.24) is 9.80 Å². The van der Waals surface area contributed by atoms with Crippen LogP contribution in [-0.4, -0.2) is 48.2 Å². The Labute approximate surface area is 186 Å². The third-order valence-corrected chi connectivity index (χ3v) is 5.56. The third-order valence-electron chi connectivity index (χ3n) is 4.73. The topological polar surface area (TPSA) is 76.2 Å². The van der Waals surface area contributed by atoms with Gasteiger partial charge in [-0.15, -0.1) is 0 Å². The molecule has 1 aliphatic rings. The summed E-state index contributed by atoms with van der Waals surface area (Å²) in [6.45, 7) is 8.24. The lowest BCUT2D eigenvalue weighted by Crippen LogP contribution is -2.50. The van der Waals surface area contributed by atoms with E-state index in [-0.39, 0.29) is 29.0 Å². The molecule has 1 atom stereocenters. The van der Waals surface area contributed by atoms with E-state index in [9.17, 15) is 14.4 Å². The highest BCUT2D eigenvalue weighted by atomic mass is 35.5. The maximum Gasteiger partial charge on any atom is 0.338 e. The molecule has 1 heterocycles. The van der Waals surface area contributed by atoms with Crippen LogP contribution in [0, 0.1) is 5.41 Å². The highest BCUT2D eigenvalue weighted by Crippen LogP contribution is 2.41. The quantitative estimate of drug-likeness (QED) is 0.595. The standard InChI is InChI=1S/C21H26Cl2N2O5/c1-7-29-18(26)15-12(2)24(6)20(28)25(11-30-19(27)21(3,4)5)17(15)13-9-8-10-14(22)16(13)23/h8-10,17H,7,11H2,1-6H3. The first-order chi connectivity index (χ1) is 13.9. The summed E-state index contributed by atoms with van der Waals surface area (Å²) in [5.74, 6) is -1.08. The summed E-state index contributed by atoms with van der Waals surface area (Å²) >= 11 is 12.6. The van der Waals surface area contributed by atoms with Crippen LogP contribution in [-0.2, 0) is 19.1 Å². The zero-order valence-electron chi connectivity index (χ0n) is 17.9. The normalized spacial score (nSPS) is 17.3. The van der Waals surface area contributed by atoms with Crippen LogP contribution in [0.1, 0.15) is 46.2 Å². The van der Waals surface area contributed by atoms with Gasteiger partial charge >= 0.3 is 18.0 Å². The molecule has 7 nitrogen and oxygen atoms in total. The average molecular weight is 457 g/mol. The molecule has 9 heteroatoms. The van der Waals surface area contributed by atoms with Gasteiger partial charge in [-0.05, 0) is 46.2 Å². The van der Waals surface area contributed by atoms with E-state index in [0.29, 0.717) is 11.3 Å². The predicted molar refractivity (Wildman–Crippen MR) is 114 cm³/mol. The molecule has 2 rings (SSSR count). The second-order valence-electron chi connectivity index (χ2n) is 7.89. The van der Waals surface area contributed by atoms with Crippen LogP contribution in [0.4, 0.5) is 4.79 Å². The van der Waals surface area contributed by atoms with E-state index >= 15 is 0 Å². The van der Waals surface area contributed by atoms with Crippen molar-refractivity contribution in [3.05, 3.63) is 45.1 Å². The van der Waals surface area contributed by atoms with Gasteiger partial charge in [-0.3, -0.25) is 9.69 Å². The molecule has 0 aliphatic carbocycles. The van der Waals surface area contributed by atoms with Gasteiger partial charge in [0, 0.05) is 12.7 Å². The Morgan fingerprint density at radius 1 is 1.17 bits per heavy atom. The smallest absolute Gasteiger partial charge is 0.338 e. The van der Waals surface area contributed by atoms with E-state index in [0.717, 1.165) is 0 Å². The number of rotatable bonds is 5. The molecule has 1 aromatic rings. The number of amides is 2. The summed E-state index contributed by atoms with van der Waals surface area (Å²) in [7, 11) is 1.53. The molecule has 0 aromatic heterocycles. The summed E-state index contributed by atoms with van der Waals surface area (Å²) in [5, 5.41) is 0.469. The molecular formula is C21H26Cl2N2O5. The minimum atomic E-state index is -0.938. The molecule has 0 bridgehead atoms. The highest BCUT2D eigenvalue weighted by Gasteiger charge is 2.43. The summed E-state index contributed by atoms with van der Waals surface area (Å²) in [6, 6.07) is 3.55. The molecule has 0 radical (unpaired) electrons. The van der Waals surface area contributed by atoms with Gasteiger partial charge in [0.15, 0.2) is 6.73 Å². The summed E-state index contributed by atoms with van der Waals surface area (Å²) in [6.07, 6.45) is 0. The van der Waals surface area contributed by atoms with E-state index in [1.807, 2.05) is 0 Å². The first kappa shape index (κ1) is 24.0. The molecule has 0 saturated heterocycles. The Bertz CT molecular complexity index is 892. The largest absolute Gasteiger partial charge is 0.463 e. The van der Waals surface area contributed by atoms with Crippen molar-refractivity contribution in [2.45, 2.75) is 40.7 Å². The van der Waals surface area contributed by atoms with Gasteiger partial charge in [0.1, 0.15) is 0 Å². The number of halogens is 2. The van der Waals surface area contributed by atoms with Crippen molar-refractivity contribution in [3.8, 4) is 0 Å². The van der Waals surface area contributed by atoms with Crippen molar-refractivity contribution < 1.29 is 23.9 Å². The number of ether oxygens (including phenoxy) is 2. The summed E-state index contributed by atoms with van der Waals surface area (Å²) in [5.41, 5.74) is 0.302. The average Bonchev–Trinajstić information content (AvgIpc) is 2.66. The van der Waals surface area contributed by atoms with Crippen LogP contribution in [0.3, 0.4) is 0 Å². The minimum absolute atomic E-state index is 0.155. The number of nitrogens with zero attached hydrogens (tertiary/aromatic N) is 2. The Morgan fingerprint density at radius 2 is 1.80 bits per heavy atom. The number of esters is 2. The molecule has 30 heavy (non-hydrogen) atoms. The molecule has 1 aliphatic heterocycles. The van der Waals surface area contributed by atoms with Gasteiger partial charge in [-0.25, -0.2) is 9.59 Å². The third kappa shape index (κ3) is 4.73. The Kier molecular flexibility index (Phi) is 7.42. The monoisotopic (exact) mass is 456 g/mol. The number of allylic oxidation sites excluding steroid dienone is 1. The first-order valence-electron chi connectivity index (χ1n) is 9.45. The fourth-order valence-corrected chi connectivity index (χ4v) is 3.39. The molecule has 0 fully saturated rings. The SMILES string of the molecule is CCOC(=O)C1=C(C)N(C)C(=O)N(COC(=O)C(C)(C)C)C1c1cccc(Cl)c1Cl. The molecule has 1 unspecified atom stereocenters. The maximum atomic E-state index is 13.1. The Balaban J connectivity index is 2.62. The van der Waals surface area contributed by atoms with Crippen LogP contribution in [0.15, 0.2) is 29.5 Å². The van der Waals surface area contributed by atoms with Crippen molar-refractivity contribution in [2.75, 3.05) is 20.4 Å². The van der Waals surface area contributed by atoms with Crippen LogP contribution in [0.25, 0.3) is 0 Å². The maximum absolute atomic E-state index is 13.1. The predicted octanol–water partition coefficient (Wildman–Crippen LogP) is 4.79. The number of urea groups is 1. The molecule has 0 N–H and O–H groups in total. The highest BCUT2D eigenvalue weighted by molar-refractivity contribution is 6.42. The molecule has 0 spiro atoms. The Hall–Kier alpha value is -2.25. The second kappa shape index (κ2) is 9.27. The summed E-state index contributed by atoms with van der Waals surface area (Å²) < 4.78 is 10.6. The minimum Gasteiger partial charge on any atom is -0.463 e. The fourth-order valence-electron chi connectivity index (χ4n) is 2.98. The fraction of sp³-hybridized carbons (Fsp3) is 0.476. The van der Waals surface area contributed by atoms with E-state index in [2.05, 4.69) is 0 Å². The lowest BCUT2D eigenvalue weighted by molar-refractivity contribution is -0.157. The van der Waals surface area contributed by atoms with Crippen molar-refractivity contribution in [2.24, 2.45) is 5.41 Å². The molecule has 0 saturated carbocycles. The summed E-state index contributed by atoms with van der Waals surface area (Å²) in [4.78, 5) is 40.9. The van der Waals surface area contributed by atoms with Crippen LogP contribution in [0.5, 0.6) is 0 Å². The molecular weight excluding hydrogens is 431 g/mol. The van der Waals surface area contributed by atoms with Crippen molar-refractivity contribution in [3.63, 3.8) is 0 Å². The van der Waals surface area contributed by atoms with Gasteiger partial charge in [0.25, 0.3) is 0 Å². The lowest BCUT2D eigenvalue weighted by atomic mass is 9.93. The zero-order valence-corrected chi connectivity index (χ0v) is 19.4. The van der Waals surface area contributed by atoms with Crippen LogP contribution >= 0.6 is 23.2 Å². The number of hydrogen-bond donors (Lipinski definition) is 0. The van der Waals surface area contributed by atoms with Crippen LogP contribution < -0.4 is 0 Å². The van der Waals surface area contributed by atoms with E-state index in [1.165, 1.54) is 16.8 Å². The van der Waals surface area contributed by atoms with Gasteiger partial charge in [0.05, 0.1) is 33.7 Å². The van der Waals surface area contributed by atoms with Gasteiger partial charge in [-0.2, -0.15) is 0 Å². The number of benzene rings is 1. The molecule has 1 aromatic carbocycles. The van der Waals surface area contributed by atoms with E-state index < -0.39 is 29.4 Å². The van der Waals surface area contributed by atoms with Crippen LogP contribution in [0.2, 0.25) is 10.0 Å². The van der Waals surface area contributed by atoms with Crippen molar-refractivity contribution >= 4 is 41.2 Å². The van der Waals surface area contributed by atoms with E-state index in [4.69, 9.17) is 32.7 Å². The number of carbonyl (C=O) groups excluding carboxylic acids is 3. The lowest BCUT2D eigenvalue weighted by Gasteiger charge is -2.41. The van der Waals surface area contributed by atoms with Gasteiger partial charge < -0.3 is 14.4 Å². The van der Waals surface area contributed by atoms with E-state index in [1.54, 1.807) is 52.8 Å².